The molecule has 0 spiro atoms. The summed E-state index contributed by atoms with van der Waals surface area (Å²) >= 11 is 0. The van der Waals surface area contributed by atoms with Crippen LogP contribution in [-0.2, 0) is 0 Å². The summed E-state index contributed by atoms with van der Waals surface area (Å²) in [7, 11) is 4.03. The predicted octanol–water partition coefficient (Wildman–Crippen LogP) is 0.975. The second-order valence-electron chi connectivity index (χ2n) is 4.29. The molecule has 16 heavy (non-hydrogen) atoms. The average Bonchev–Trinajstić information content (AvgIpc) is 2.66. The van der Waals surface area contributed by atoms with Crippen LogP contribution in [0.4, 0.5) is 11.6 Å². The highest BCUT2D eigenvalue weighted by atomic mass is 16.5. The van der Waals surface area contributed by atoms with Gasteiger partial charge in [-0.3, -0.25) is 0 Å². The van der Waals surface area contributed by atoms with E-state index < -0.39 is 0 Å². The van der Waals surface area contributed by atoms with Crippen LogP contribution in [0.5, 0.6) is 11.5 Å². The van der Waals surface area contributed by atoms with Crippen molar-refractivity contribution in [3.05, 3.63) is 6.07 Å². The van der Waals surface area contributed by atoms with Crippen LogP contribution in [0.1, 0.15) is 0 Å². The van der Waals surface area contributed by atoms with Crippen molar-refractivity contribution in [2.24, 2.45) is 0 Å². The number of hydrogen-bond donors (Lipinski definition) is 0. The average molecular weight is 217 g/mol. The van der Waals surface area contributed by atoms with E-state index in [1.54, 1.807) is 0 Å². The van der Waals surface area contributed by atoms with Crippen molar-refractivity contribution in [1.82, 2.24) is 4.98 Å². The van der Waals surface area contributed by atoms with Gasteiger partial charge in [-0.2, -0.15) is 0 Å². The number of rotatable bonds is 0. The highest BCUT2D eigenvalue weighted by molar-refractivity contribution is 6.58. The SMILES string of the molecule is CB1Oc2cc3c(nc2N1C)N(C)B(C)O3. The summed E-state index contributed by atoms with van der Waals surface area (Å²) in [5, 5.41) is 0. The fraction of sp³-hybridized carbons (Fsp3) is 0.444. The first kappa shape index (κ1) is 9.69. The molecule has 0 amide bonds. The molecule has 7 heteroatoms. The lowest BCUT2D eigenvalue weighted by Gasteiger charge is -2.14. The second kappa shape index (κ2) is 2.99. The van der Waals surface area contributed by atoms with E-state index in [-0.39, 0.29) is 14.1 Å². The smallest absolute Gasteiger partial charge is 0.480 e. The minimum absolute atomic E-state index is 0.0350. The number of anilines is 2. The summed E-state index contributed by atoms with van der Waals surface area (Å²) in [6.07, 6.45) is 0. The van der Waals surface area contributed by atoms with Gasteiger partial charge in [-0.1, -0.05) is 0 Å². The molecule has 1 aromatic heterocycles. The molecule has 5 nitrogen and oxygen atoms in total. The van der Waals surface area contributed by atoms with Crippen LogP contribution in [-0.4, -0.2) is 33.2 Å². The summed E-state index contributed by atoms with van der Waals surface area (Å²) < 4.78 is 11.4. The predicted molar refractivity (Wildman–Crippen MR) is 65.5 cm³/mol. The van der Waals surface area contributed by atoms with Crippen LogP contribution >= 0.6 is 0 Å². The van der Waals surface area contributed by atoms with Crippen molar-refractivity contribution in [2.45, 2.75) is 13.6 Å². The van der Waals surface area contributed by atoms with Crippen LogP contribution in [0.3, 0.4) is 0 Å². The molecule has 0 unspecified atom stereocenters. The maximum atomic E-state index is 5.68. The molecule has 0 aliphatic carbocycles. The lowest BCUT2D eigenvalue weighted by atomic mass is 9.86. The molecule has 2 aliphatic rings. The number of pyridine rings is 1. The number of aromatic nitrogens is 1. The molecule has 0 N–H and O–H groups in total. The molecule has 82 valence electrons. The molecule has 1 aromatic rings. The van der Waals surface area contributed by atoms with Gasteiger partial charge in [-0.05, 0) is 27.7 Å². The van der Waals surface area contributed by atoms with Crippen molar-refractivity contribution >= 4 is 25.7 Å². The molecule has 0 aromatic carbocycles. The quantitative estimate of drug-likeness (QED) is 0.605. The van der Waals surface area contributed by atoms with Crippen LogP contribution in [0, 0.1) is 0 Å². The Morgan fingerprint density at radius 2 is 1.44 bits per heavy atom. The third-order valence-electron chi connectivity index (χ3n) is 3.27. The monoisotopic (exact) mass is 217 g/mol. The Kier molecular flexibility index (Phi) is 1.81. The van der Waals surface area contributed by atoms with Crippen molar-refractivity contribution in [3.8, 4) is 11.5 Å². The first-order chi connectivity index (χ1) is 7.58. The summed E-state index contributed by atoms with van der Waals surface area (Å²) in [5.74, 6) is 3.37. The molecule has 0 bridgehead atoms. The first-order valence-electron chi connectivity index (χ1n) is 5.42. The first-order valence-corrected chi connectivity index (χ1v) is 5.42. The molecule has 2 aliphatic heterocycles. The Labute approximate surface area is 95.6 Å². The topological polar surface area (TPSA) is 37.8 Å². The maximum absolute atomic E-state index is 5.68. The third kappa shape index (κ3) is 1.11. The minimum atomic E-state index is 0.0350. The Morgan fingerprint density at radius 1 is 1.00 bits per heavy atom. The van der Waals surface area contributed by atoms with Crippen LogP contribution in [0.25, 0.3) is 0 Å². The zero-order valence-corrected chi connectivity index (χ0v) is 9.89. The van der Waals surface area contributed by atoms with E-state index in [4.69, 9.17) is 9.31 Å². The van der Waals surface area contributed by atoms with E-state index in [0.29, 0.717) is 0 Å². The van der Waals surface area contributed by atoms with E-state index in [9.17, 15) is 0 Å². The van der Waals surface area contributed by atoms with E-state index in [2.05, 4.69) is 4.98 Å². The summed E-state index contributed by atoms with van der Waals surface area (Å²) in [4.78, 5) is 8.64. The van der Waals surface area contributed by atoms with E-state index >= 15 is 0 Å². The van der Waals surface area contributed by atoms with Gasteiger partial charge in [-0.25, -0.2) is 4.98 Å². The summed E-state index contributed by atoms with van der Waals surface area (Å²) in [6.45, 7) is 4.00. The molecule has 0 radical (unpaired) electrons. The van der Waals surface area contributed by atoms with Gasteiger partial charge in [0.25, 0.3) is 0 Å². The maximum Gasteiger partial charge on any atom is 0.480 e. The fourth-order valence-corrected chi connectivity index (χ4v) is 2.01. The molecule has 0 saturated heterocycles. The third-order valence-corrected chi connectivity index (χ3v) is 3.27. The number of hydrogen-bond acceptors (Lipinski definition) is 5. The Morgan fingerprint density at radius 3 is 1.88 bits per heavy atom. The highest BCUT2D eigenvalue weighted by Crippen LogP contribution is 2.43. The number of nitrogens with zero attached hydrogens (tertiary/aromatic N) is 3. The zero-order valence-electron chi connectivity index (χ0n) is 9.89. The Hall–Kier alpha value is -1.52. The Balaban J connectivity index is 2.10. The molecule has 0 saturated carbocycles. The molecule has 3 rings (SSSR count). The Bertz CT molecular complexity index is 419. The molecule has 0 fully saturated rings. The highest BCUT2D eigenvalue weighted by Gasteiger charge is 2.37. The normalized spacial score (nSPS) is 17.2. The van der Waals surface area contributed by atoms with Gasteiger partial charge < -0.3 is 18.9 Å². The summed E-state index contributed by atoms with van der Waals surface area (Å²) in [6, 6.07) is 1.93. The van der Waals surface area contributed by atoms with E-state index in [1.165, 1.54) is 0 Å². The second-order valence-corrected chi connectivity index (χ2v) is 4.29. The molecular formula is C9H13B2N3O2. The number of fused-ring (bicyclic) bond motifs is 2. The minimum Gasteiger partial charge on any atom is -0.539 e. The van der Waals surface area contributed by atoms with Gasteiger partial charge >= 0.3 is 14.1 Å². The van der Waals surface area contributed by atoms with Crippen molar-refractivity contribution in [1.29, 1.82) is 0 Å². The van der Waals surface area contributed by atoms with Gasteiger partial charge in [-0.15, -0.1) is 0 Å². The van der Waals surface area contributed by atoms with Crippen molar-refractivity contribution in [3.63, 3.8) is 0 Å². The van der Waals surface area contributed by atoms with Crippen LogP contribution in [0.15, 0.2) is 6.07 Å². The van der Waals surface area contributed by atoms with Gasteiger partial charge in [0.15, 0.2) is 11.6 Å². The van der Waals surface area contributed by atoms with Gasteiger partial charge in [0, 0.05) is 6.07 Å². The van der Waals surface area contributed by atoms with Gasteiger partial charge in [0.2, 0.25) is 0 Å². The van der Waals surface area contributed by atoms with Gasteiger partial charge in [0.05, 0.1) is 0 Å². The standard InChI is InChI=1S/C9H13B2N3O2/c1-10-13(3)8-6(15-10)5-7-9(12-8)14(4)11(2)16-7/h5H,1-4H3. The largest absolute Gasteiger partial charge is 0.539 e. The lowest BCUT2D eigenvalue weighted by Crippen LogP contribution is -2.34. The van der Waals surface area contributed by atoms with Crippen LogP contribution in [0.2, 0.25) is 13.6 Å². The molecule has 0 atom stereocenters. The van der Waals surface area contributed by atoms with Crippen molar-refractivity contribution in [2.75, 3.05) is 23.7 Å². The molecular weight excluding hydrogens is 204 g/mol. The zero-order chi connectivity index (χ0) is 11.4. The van der Waals surface area contributed by atoms with Crippen molar-refractivity contribution < 1.29 is 9.31 Å². The van der Waals surface area contributed by atoms with Crippen LogP contribution < -0.4 is 18.9 Å². The summed E-state index contributed by atoms with van der Waals surface area (Å²) in [5.41, 5.74) is 0. The van der Waals surface area contributed by atoms with E-state index in [0.717, 1.165) is 23.1 Å². The fourth-order valence-electron chi connectivity index (χ4n) is 2.01. The van der Waals surface area contributed by atoms with E-state index in [1.807, 2.05) is 43.4 Å². The molecule has 3 heterocycles. The van der Waals surface area contributed by atoms with Gasteiger partial charge in [0.1, 0.15) is 11.5 Å². The lowest BCUT2D eigenvalue weighted by molar-refractivity contribution is 0.572.